The number of thiophene rings is 1. The summed E-state index contributed by atoms with van der Waals surface area (Å²) in [5, 5.41) is 7.51. The molecule has 0 fully saturated rings. The van der Waals surface area contributed by atoms with Crippen molar-refractivity contribution < 1.29 is 9.59 Å². The Kier molecular flexibility index (Phi) is 6.11. The Balaban J connectivity index is 2.10. The van der Waals surface area contributed by atoms with Crippen LogP contribution < -0.4 is 16.4 Å². The maximum absolute atomic E-state index is 12.5. The number of nitrogens with one attached hydrogen (secondary N) is 2. The Morgan fingerprint density at radius 1 is 1.08 bits per heavy atom. The van der Waals surface area contributed by atoms with E-state index in [2.05, 4.69) is 10.6 Å². The van der Waals surface area contributed by atoms with Gasteiger partial charge in [0.15, 0.2) is 0 Å². The predicted molar refractivity (Wildman–Crippen MR) is 98.5 cm³/mol. The molecule has 0 saturated heterocycles. The molecular formula is C18H23N3O2S. The van der Waals surface area contributed by atoms with Crippen molar-refractivity contribution in [2.75, 3.05) is 11.9 Å². The molecular weight excluding hydrogens is 322 g/mol. The number of hydrogen-bond acceptors (Lipinski definition) is 4. The Hall–Kier alpha value is -2.18. The zero-order valence-corrected chi connectivity index (χ0v) is 14.8. The van der Waals surface area contributed by atoms with E-state index in [1.807, 2.05) is 25.3 Å². The summed E-state index contributed by atoms with van der Waals surface area (Å²) < 4.78 is 0. The van der Waals surface area contributed by atoms with Gasteiger partial charge in [-0.25, -0.2) is 0 Å². The van der Waals surface area contributed by atoms with E-state index in [1.165, 1.54) is 11.3 Å². The largest absolute Gasteiger partial charge is 0.350 e. The summed E-state index contributed by atoms with van der Waals surface area (Å²) in [4.78, 5) is 25.3. The molecule has 4 N–H and O–H groups in total. The van der Waals surface area contributed by atoms with E-state index < -0.39 is 5.54 Å². The van der Waals surface area contributed by atoms with Crippen LogP contribution in [0.15, 0.2) is 41.8 Å². The number of amides is 2. The van der Waals surface area contributed by atoms with Gasteiger partial charge in [-0.1, -0.05) is 32.0 Å². The molecule has 1 aromatic carbocycles. The molecule has 2 rings (SSSR count). The molecule has 0 radical (unpaired) electrons. The number of hydrogen-bond donors (Lipinski definition) is 3. The van der Waals surface area contributed by atoms with Gasteiger partial charge in [0.1, 0.15) is 0 Å². The van der Waals surface area contributed by atoms with Gasteiger partial charge < -0.3 is 16.4 Å². The third-order valence-electron chi connectivity index (χ3n) is 4.17. The first-order valence-electron chi connectivity index (χ1n) is 8.00. The van der Waals surface area contributed by atoms with Gasteiger partial charge in [0.2, 0.25) is 0 Å². The molecule has 0 bridgehead atoms. The van der Waals surface area contributed by atoms with E-state index in [0.29, 0.717) is 22.7 Å². The van der Waals surface area contributed by atoms with Gasteiger partial charge in [-0.15, -0.1) is 11.3 Å². The standard InChI is InChI=1S/C18H23N3O2S/c1-3-18(19,4-2)12-20-16(22)13-8-5-6-9-14(13)21-17(23)15-10-7-11-24-15/h5-11H,3-4,12,19H2,1-2H3,(H,20,22)(H,21,23). The number of rotatable bonds is 7. The number of benzene rings is 1. The highest BCUT2D eigenvalue weighted by atomic mass is 32.1. The second-order valence-corrected chi connectivity index (χ2v) is 6.68. The van der Waals surface area contributed by atoms with Crippen molar-refractivity contribution in [2.45, 2.75) is 32.2 Å². The first-order valence-corrected chi connectivity index (χ1v) is 8.88. The lowest BCUT2D eigenvalue weighted by molar-refractivity contribution is 0.0943. The Labute approximate surface area is 146 Å². The molecule has 0 atom stereocenters. The molecule has 1 aromatic heterocycles. The van der Waals surface area contributed by atoms with E-state index in [9.17, 15) is 9.59 Å². The number of para-hydroxylation sites is 1. The molecule has 0 aliphatic heterocycles. The molecule has 2 aromatic rings. The highest BCUT2D eigenvalue weighted by Crippen LogP contribution is 2.18. The first kappa shape index (κ1) is 18.2. The summed E-state index contributed by atoms with van der Waals surface area (Å²) >= 11 is 1.35. The quantitative estimate of drug-likeness (QED) is 0.720. The van der Waals surface area contributed by atoms with Gasteiger partial charge in [0.05, 0.1) is 16.1 Å². The van der Waals surface area contributed by atoms with Gasteiger partial charge in [-0.05, 0) is 36.4 Å². The van der Waals surface area contributed by atoms with Crippen molar-refractivity contribution in [1.82, 2.24) is 5.32 Å². The minimum Gasteiger partial charge on any atom is -0.350 e. The average Bonchev–Trinajstić information content (AvgIpc) is 3.14. The van der Waals surface area contributed by atoms with Crippen LogP contribution in [0.25, 0.3) is 0 Å². The van der Waals surface area contributed by atoms with Crippen LogP contribution in [-0.2, 0) is 0 Å². The Morgan fingerprint density at radius 2 is 1.79 bits per heavy atom. The molecule has 0 aliphatic rings. The van der Waals surface area contributed by atoms with Crippen molar-refractivity contribution in [1.29, 1.82) is 0 Å². The summed E-state index contributed by atoms with van der Waals surface area (Å²) in [6.07, 6.45) is 1.56. The Morgan fingerprint density at radius 3 is 2.42 bits per heavy atom. The van der Waals surface area contributed by atoms with Crippen molar-refractivity contribution >= 4 is 28.8 Å². The predicted octanol–water partition coefficient (Wildman–Crippen LogP) is 3.25. The molecule has 2 amide bonds. The maximum atomic E-state index is 12.5. The molecule has 0 aliphatic carbocycles. The number of anilines is 1. The molecule has 24 heavy (non-hydrogen) atoms. The van der Waals surface area contributed by atoms with Crippen LogP contribution in [0.1, 0.15) is 46.7 Å². The van der Waals surface area contributed by atoms with Crippen LogP contribution >= 0.6 is 11.3 Å². The van der Waals surface area contributed by atoms with Crippen molar-refractivity contribution in [3.05, 3.63) is 52.2 Å². The van der Waals surface area contributed by atoms with Crippen LogP contribution in [0.4, 0.5) is 5.69 Å². The Bertz CT molecular complexity index is 694. The maximum Gasteiger partial charge on any atom is 0.265 e. The van der Waals surface area contributed by atoms with E-state index in [1.54, 1.807) is 30.3 Å². The number of carbonyl (C=O) groups excluding carboxylic acids is 2. The fourth-order valence-corrected chi connectivity index (χ4v) is 2.85. The minimum absolute atomic E-state index is 0.222. The van der Waals surface area contributed by atoms with E-state index in [0.717, 1.165) is 12.8 Å². The third kappa shape index (κ3) is 4.43. The molecule has 0 unspecified atom stereocenters. The lowest BCUT2D eigenvalue weighted by Crippen LogP contribution is -2.49. The smallest absolute Gasteiger partial charge is 0.265 e. The topological polar surface area (TPSA) is 84.2 Å². The van der Waals surface area contributed by atoms with Gasteiger partial charge >= 0.3 is 0 Å². The molecule has 6 heteroatoms. The van der Waals surface area contributed by atoms with Gasteiger partial charge in [-0.3, -0.25) is 9.59 Å². The molecule has 1 heterocycles. The van der Waals surface area contributed by atoms with Gasteiger partial charge in [0.25, 0.3) is 11.8 Å². The average molecular weight is 345 g/mol. The van der Waals surface area contributed by atoms with Crippen LogP contribution in [0.2, 0.25) is 0 Å². The lowest BCUT2D eigenvalue weighted by atomic mass is 9.94. The summed E-state index contributed by atoms with van der Waals surface area (Å²) in [6.45, 7) is 4.40. The highest BCUT2D eigenvalue weighted by Gasteiger charge is 2.22. The minimum atomic E-state index is -0.412. The van der Waals surface area contributed by atoms with Crippen LogP contribution in [0, 0.1) is 0 Å². The summed E-state index contributed by atoms with van der Waals surface area (Å²) in [7, 11) is 0. The van der Waals surface area contributed by atoms with Crippen molar-refractivity contribution in [2.24, 2.45) is 5.73 Å². The van der Waals surface area contributed by atoms with Crippen LogP contribution in [0.5, 0.6) is 0 Å². The van der Waals surface area contributed by atoms with Crippen molar-refractivity contribution in [3.63, 3.8) is 0 Å². The molecule has 0 spiro atoms. The number of carbonyl (C=O) groups is 2. The second kappa shape index (κ2) is 8.08. The third-order valence-corrected chi connectivity index (χ3v) is 5.04. The van der Waals surface area contributed by atoms with E-state index in [-0.39, 0.29) is 11.8 Å². The first-order chi connectivity index (χ1) is 11.5. The molecule has 5 nitrogen and oxygen atoms in total. The zero-order valence-electron chi connectivity index (χ0n) is 14.0. The fourth-order valence-electron chi connectivity index (χ4n) is 2.23. The van der Waals surface area contributed by atoms with E-state index in [4.69, 9.17) is 5.73 Å². The normalized spacial score (nSPS) is 11.1. The van der Waals surface area contributed by atoms with Crippen molar-refractivity contribution in [3.8, 4) is 0 Å². The van der Waals surface area contributed by atoms with Gasteiger partial charge in [0, 0.05) is 12.1 Å². The fraction of sp³-hybridized carbons (Fsp3) is 0.333. The van der Waals surface area contributed by atoms with E-state index >= 15 is 0 Å². The summed E-state index contributed by atoms with van der Waals surface area (Å²) in [5.74, 6) is -0.464. The monoisotopic (exact) mass is 345 g/mol. The summed E-state index contributed by atoms with van der Waals surface area (Å²) in [5.41, 5.74) is 6.73. The van der Waals surface area contributed by atoms with Gasteiger partial charge in [-0.2, -0.15) is 0 Å². The highest BCUT2D eigenvalue weighted by molar-refractivity contribution is 7.12. The molecule has 128 valence electrons. The molecule has 0 saturated carbocycles. The number of nitrogens with two attached hydrogens (primary N) is 1. The summed E-state index contributed by atoms with van der Waals surface area (Å²) in [6, 6.07) is 10.5. The SMILES string of the molecule is CCC(N)(CC)CNC(=O)c1ccccc1NC(=O)c1cccs1. The van der Waals surface area contributed by atoms with Crippen LogP contribution in [-0.4, -0.2) is 23.9 Å². The zero-order chi connectivity index (χ0) is 17.6. The lowest BCUT2D eigenvalue weighted by Gasteiger charge is -2.27. The van der Waals surface area contributed by atoms with Crippen LogP contribution in [0.3, 0.4) is 0 Å². The second-order valence-electron chi connectivity index (χ2n) is 5.73.